The van der Waals surface area contributed by atoms with Crippen LogP contribution in [0.1, 0.15) is 25.8 Å². The van der Waals surface area contributed by atoms with E-state index in [2.05, 4.69) is 44.2 Å². The third-order valence-corrected chi connectivity index (χ3v) is 4.02. The summed E-state index contributed by atoms with van der Waals surface area (Å²) in [6, 6.07) is 10.6. The van der Waals surface area contributed by atoms with Crippen molar-refractivity contribution in [3.05, 3.63) is 35.9 Å². The molecule has 0 radical (unpaired) electrons. The van der Waals surface area contributed by atoms with Gasteiger partial charge in [-0.25, -0.2) is 0 Å². The molecule has 2 nitrogen and oxygen atoms in total. The Morgan fingerprint density at radius 1 is 1.18 bits per heavy atom. The van der Waals surface area contributed by atoms with Gasteiger partial charge in [-0.2, -0.15) is 0 Å². The second kappa shape index (κ2) is 3.82. The van der Waals surface area contributed by atoms with Crippen molar-refractivity contribution in [2.75, 3.05) is 13.2 Å². The molecular weight excluding hydrogens is 212 g/mol. The zero-order valence-electron chi connectivity index (χ0n) is 10.6. The Morgan fingerprint density at radius 3 is 2.41 bits per heavy atom. The molecule has 0 bridgehead atoms. The van der Waals surface area contributed by atoms with Crippen molar-refractivity contribution in [1.29, 1.82) is 0 Å². The summed E-state index contributed by atoms with van der Waals surface area (Å²) in [4.78, 5) is 0. The molecular formula is C15H20O2. The van der Waals surface area contributed by atoms with Gasteiger partial charge in [0.2, 0.25) is 0 Å². The van der Waals surface area contributed by atoms with Crippen LogP contribution in [0.3, 0.4) is 0 Å². The van der Waals surface area contributed by atoms with Gasteiger partial charge in [0.15, 0.2) is 0 Å². The average Bonchev–Trinajstić information content (AvgIpc) is 2.98. The Morgan fingerprint density at radius 2 is 1.88 bits per heavy atom. The molecule has 2 heteroatoms. The van der Waals surface area contributed by atoms with Gasteiger partial charge >= 0.3 is 0 Å². The summed E-state index contributed by atoms with van der Waals surface area (Å²) in [6.45, 7) is 6.09. The second-order valence-electron chi connectivity index (χ2n) is 5.99. The Balaban J connectivity index is 1.71. The standard InChI is InChI=1S/C15H20O2/c1-14(2)9-13(10-16-14)15(11-17-15)8-12-6-4-3-5-7-12/h3-7,13H,8-11H2,1-2H3/t13-,15-/m1/s1. The zero-order valence-corrected chi connectivity index (χ0v) is 10.6. The molecule has 0 unspecified atom stereocenters. The molecule has 2 saturated heterocycles. The molecule has 1 aromatic rings. The van der Waals surface area contributed by atoms with Gasteiger partial charge < -0.3 is 9.47 Å². The van der Waals surface area contributed by atoms with Crippen molar-refractivity contribution >= 4 is 0 Å². The fraction of sp³-hybridized carbons (Fsp3) is 0.600. The molecule has 2 aliphatic rings. The number of rotatable bonds is 3. The first-order chi connectivity index (χ1) is 8.10. The molecule has 0 N–H and O–H groups in total. The maximum Gasteiger partial charge on any atom is 0.101 e. The number of hydrogen-bond acceptors (Lipinski definition) is 2. The average molecular weight is 232 g/mol. The SMILES string of the molecule is CC1(C)C[C@@H]([C@@]2(Cc3ccccc3)CO2)CO1. The summed E-state index contributed by atoms with van der Waals surface area (Å²) in [7, 11) is 0. The van der Waals surface area contributed by atoms with Crippen LogP contribution in [-0.2, 0) is 15.9 Å². The highest BCUT2D eigenvalue weighted by Crippen LogP contribution is 2.46. The van der Waals surface area contributed by atoms with Crippen LogP contribution in [0.4, 0.5) is 0 Å². The van der Waals surface area contributed by atoms with Gasteiger partial charge in [0.25, 0.3) is 0 Å². The highest BCUT2D eigenvalue weighted by molar-refractivity contribution is 5.20. The van der Waals surface area contributed by atoms with E-state index in [1.54, 1.807) is 0 Å². The minimum Gasteiger partial charge on any atom is -0.375 e. The van der Waals surface area contributed by atoms with E-state index >= 15 is 0 Å². The Bertz CT molecular complexity index is 393. The van der Waals surface area contributed by atoms with Crippen molar-refractivity contribution in [2.45, 2.75) is 37.9 Å². The molecule has 1 aromatic carbocycles. The summed E-state index contributed by atoms with van der Waals surface area (Å²) >= 11 is 0. The summed E-state index contributed by atoms with van der Waals surface area (Å²) in [6.07, 6.45) is 2.14. The number of hydrogen-bond donors (Lipinski definition) is 0. The minimum absolute atomic E-state index is 0.0281. The zero-order chi connectivity index (χ0) is 11.9. The largest absolute Gasteiger partial charge is 0.375 e. The van der Waals surface area contributed by atoms with Crippen molar-refractivity contribution in [1.82, 2.24) is 0 Å². The molecule has 17 heavy (non-hydrogen) atoms. The van der Waals surface area contributed by atoms with Gasteiger partial charge in [-0.15, -0.1) is 0 Å². The first-order valence-electron chi connectivity index (χ1n) is 6.42. The van der Waals surface area contributed by atoms with Crippen LogP contribution < -0.4 is 0 Å². The van der Waals surface area contributed by atoms with E-state index < -0.39 is 0 Å². The molecule has 2 fully saturated rings. The first kappa shape index (κ1) is 11.2. The smallest absolute Gasteiger partial charge is 0.101 e. The summed E-state index contributed by atoms with van der Waals surface area (Å²) in [5.41, 5.74) is 1.46. The lowest BCUT2D eigenvalue weighted by Crippen LogP contribution is -2.28. The Kier molecular flexibility index (Phi) is 2.53. The van der Waals surface area contributed by atoms with Crippen LogP contribution in [0, 0.1) is 5.92 Å². The molecule has 3 rings (SSSR count). The molecule has 2 atom stereocenters. The lowest BCUT2D eigenvalue weighted by Gasteiger charge is -2.20. The van der Waals surface area contributed by atoms with E-state index in [9.17, 15) is 0 Å². The first-order valence-corrected chi connectivity index (χ1v) is 6.42. The van der Waals surface area contributed by atoms with Crippen molar-refractivity contribution in [3.8, 4) is 0 Å². The quantitative estimate of drug-likeness (QED) is 0.747. The molecule has 2 aliphatic heterocycles. The number of epoxide rings is 1. The van der Waals surface area contributed by atoms with Crippen LogP contribution in [0.2, 0.25) is 0 Å². The van der Waals surface area contributed by atoms with Gasteiger partial charge in [-0.3, -0.25) is 0 Å². The predicted octanol–water partition coefficient (Wildman–Crippen LogP) is 2.81. The van der Waals surface area contributed by atoms with Gasteiger partial charge in [-0.1, -0.05) is 30.3 Å². The normalized spacial score (nSPS) is 34.8. The lowest BCUT2D eigenvalue weighted by atomic mass is 9.83. The highest BCUT2D eigenvalue weighted by atomic mass is 16.6. The topological polar surface area (TPSA) is 21.8 Å². The third-order valence-electron chi connectivity index (χ3n) is 4.02. The van der Waals surface area contributed by atoms with Crippen LogP contribution in [-0.4, -0.2) is 24.4 Å². The number of ether oxygens (including phenoxy) is 2. The summed E-state index contributed by atoms with van der Waals surface area (Å²) in [5.74, 6) is 0.553. The summed E-state index contributed by atoms with van der Waals surface area (Å²) in [5, 5.41) is 0. The fourth-order valence-electron chi connectivity index (χ4n) is 2.89. The molecule has 2 heterocycles. The monoisotopic (exact) mass is 232 g/mol. The molecule has 92 valence electrons. The molecule has 0 amide bonds. The van der Waals surface area contributed by atoms with Crippen LogP contribution in [0.15, 0.2) is 30.3 Å². The van der Waals surface area contributed by atoms with E-state index in [-0.39, 0.29) is 11.2 Å². The van der Waals surface area contributed by atoms with Crippen LogP contribution in [0.25, 0.3) is 0 Å². The highest BCUT2D eigenvalue weighted by Gasteiger charge is 2.55. The minimum atomic E-state index is 0.0281. The van der Waals surface area contributed by atoms with Gasteiger partial charge in [0, 0.05) is 12.3 Å². The second-order valence-corrected chi connectivity index (χ2v) is 5.99. The Labute approximate surface area is 103 Å². The molecule has 0 saturated carbocycles. The molecule has 0 spiro atoms. The van der Waals surface area contributed by atoms with E-state index in [1.165, 1.54) is 5.56 Å². The fourth-order valence-corrected chi connectivity index (χ4v) is 2.89. The lowest BCUT2D eigenvalue weighted by molar-refractivity contribution is 0.0330. The van der Waals surface area contributed by atoms with Crippen molar-refractivity contribution in [3.63, 3.8) is 0 Å². The van der Waals surface area contributed by atoms with Crippen LogP contribution in [0.5, 0.6) is 0 Å². The molecule has 0 aromatic heterocycles. The van der Waals surface area contributed by atoms with Crippen LogP contribution >= 0.6 is 0 Å². The predicted molar refractivity (Wildman–Crippen MR) is 67.0 cm³/mol. The van der Waals surface area contributed by atoms with Crippen molar-refractivity contribution in [2.24, 2.45) is 5.92 Å². The van der Waals surface area contributed by atoms with E-state index in [4.69, 9.17) is 9.47 Å². The molecule has 0 aliphatic carbocycles. The van der Waals surface area contributed by atoms with E-state index in [0.29, 0.717) is 5.92 Å². The van der Waals surface area contributed by atoms with E-state index in [1.807, 2.05) is 0 Å². The maximum absolute atomic E-state index is 5.84. The van der Waals surface area contributed by atoms with Gasteiger partial charge in [0.1, 0.15) is 5.60 Å². The van der Waals surface area contributed by atoms with Gasteiger partial charge in [0.05, 0.1) is 18.8 Å². The third kappa shape index (κ3) is 2.24. The summed E-state index contributed by atoms with van der Waals surface area (Å²) < 4.78 is 11.6. The number of benzene rings is 1. The Hall–Kier alpha value is -0.860. The maximum atomic E-state index is 5.84. The van der Waals surface area contributed by atoms with E-state index in [0.717, 1.165) is 26.1 Å². The van der Waals surface area contributed by atoms with Crippen molar-refractivity contribution < 1.29 is 9.47 Å². The van der Waals surface area contributed by atoms with Gasteiger partial charge in [-0.05, 0) is 25.8 Å².